The Balaban J connectivity index is 1.86. The Kier molecular flexibility index (Phi) is 11.7. The van der Waals surface area contributed by atoms with Crippen molar-refractivity contribution >= 4 is 46.9 Å². The molecule has 47 heavy (non-hydrogen) atoms. The topological polar surface area (TPSA) is 150 Å². The van der Waals surface area contributed by atoms with E-state index >= 15 is 0 Å². The monoisotopic (exact) mass is 688 g/mol. The lowest BCUT2D eigenvalue weighted by molar-refractivity contribution is -0.143. The summed E-state index contributed by atoms with van der Waals surface area (Å²) in [5.74, 6) is -0.863. The van der Waals surface area contributed by atoms with Crippen LogP contribution in [0.5, 0.6) is 23.0 Å². The first-order valence-corrected chi connectivity index (χ1v) is 15.5. The second-order valence-electron chi connectivity index (χ2n) is 9.71. The SMILES string of the molecule is CCOC(=O)C1=C(C)N=c2s/c(=C\c3cc(Cl)c(OCC(=O)OC)c(OC)c3)c(=O)n2[C@H]1c1ccc(OCC(=O)OC)c(OCC)c1. The van der Waals surface area contributed by atoms with Crippen LogP contribution in [0.25, 0.3) is 6.08 Å². The standard InChI is InChI=1S/C32H33ClN2O11S/c1-7-43-22-14-19(9-10-21(22)45-15-25(36)41-5)28-27(31(39)44-8-2)17(3)34-32-35(28)30(38)24(47-32)13-18-11-20(33)29(23(12-18)40-4)46-16-26(37)42-6/h9-14,28H,7-8,15-16H2,1-6H3/b24-13-/t28-/m0/s1. The van der Waals surface area contributed by atoms with Gasteiger partial charge in [-0.15, -0.1) is 0 Å². The molecular formula is C32H33ClN2O11S. The summed E-state index contributed by atoms with van der Waals surface area (Å²) >= 11 is 7.59. The molecule has 0 spiro atoms. The molecule has 15 heteroatoms. The van der Waals surface area contributed by atoms with Crippen LogP contribution in [0, 0.1) is 0 Å². The molecule has 0 unspecified atom stereocenters. The maximum Gasteiger partial charge on any atom is 0.343 e. The van der Waals surface area contributed by atoms with Crippen LogP contribution in [0.2, 0.25) is 5.02 Å². The zero-order valence-electron chi connectivity index (χ0n) is 26.5. The molecule has 1 aromatic heterocycles. The summed E-state index contributed by atoms with van der Waals surface area (Å²) in [6, 6.07) is 7.14. The van der Waals surface area contributed by atoms with E-state index in [0.29, 0.717) is 27.4 Å². The molecule has 0 saturated carbocycles. The highest BCUT2D eigenvalue weighted by Gasteiger charge is 2.34. The fourth-order valence-electron chi connectivity index (χ4n) is 4.69. The number of thiazole rings is 1. The summed E-state index contributed by atoms with van der Waals surface area (Å²) in [5.41, 5.74) is 1.14. The number of carbonyl (C=O) groups is 3. The third-order valence-electron chi connectivity index (χ3n) is 6.79. The summed E-state index contributed by atoms with van der Waals surface area (Å²) in [4.78, 5) is 55.6. The fraction of sp³-hybridized carbons (Fsp3) is 0.344. The molecule has 1 aliphatic rings. The average molecular weight is 689 g/mol. The van der Waals surface area contributed by atoms with Crippen molar-refractivity contribution in [1.29, 1.82) is 0 Å². The van der Waals surface area contributed by atoms with Crippen molar-refractivity contribution in [1.82, 2.24) is 4.57 Å². The summed E-state index contributed by atoms with van der Waals surface area (Å²) in [7, 11) is 3.90. The van der Waals surface area contributed by atoms with Gasteiger partial charge in [-0.25, -0.2) is 19.4 Å². The van der Waals surface area contributed by atoms with Gasteiger partial charge in [-0.2, -0.15) is 0 Å². The van der Waals surface area contributed by atoms with E-state index in [9.17, 15) is 19.2 Å². The molecule has 1 atom stereocenters. The molecule has 250 valence electrons. The number of hydrogen-bond acceptors (Lipinski definition) is 13. The van der Waals surface area contributed by atoms with E-state index in [1.165, 1.54) is 25.9 Å². The quantitative estimate of drug-likeness (QED) is 0.193. The number of fused-ring (bicyclic) bond motifs is 1. The number of methoxy groups -OCH3 is 3. The minimum atomic E-state index is -0.937. The van der Waals surface area contributed by atoms with Crippen molar-refractivity contribution in [2.45, 2.75) is 26.8 Å². The third kappa shape index (κ3) is 7.77. The largest absolute Gasteiger partial charge is 0.493 e. The molecule has 2 heterocycles. The van der Waals surface area contributed by atoms with Gasteiger partial charge < -0.3 is 33.2 Å². The minimum Gasteiger partial charge on any atom is -0.493 e. The van der Waals surface area contributed by atoms with Crippen molar-refractivity contribution in [3.05, 3.63) is 77.4 Å². The molecule has 0 saturated heterocycles. The maximum atomic E-state index is 14.1. The maximum absolute atomic E-state index is 14.1. The molecule has 0 aliphatic carbocycles. The van der Waals surface area contributed by atoms with E-state index < -0.39 is 29.5 Å². The van der Waals surface area contributed by atoms with Gasteiger partial charge in [0.1, 0.15) is 0 Å². The number of halogens is 1. The van der Waals surface area contributed by atoms with Gasteiger partial charge in [0.25, 0.3) is 5.56 Å². The first-order chi connectivity index (χ1) is 22.6. The summed E-state index contributed by atoms with van der Waals surface area (Å²) < 4.78 is 38.7. The van der Waals surface area contributed by atoms with E-state index in [2.05, 4.69) is 14.5 Å². The van der Waals surface area contributed by atoms with E-state index in [-0.39, 0.29) is 58.8 Å². The lowest BCUT2D eigenvalue weighted by atomic mass is 9.95. The Morgan fingerprint density at radius 3 is 2.28 bits per heavy atom. The summed E-state index contributed by atoms with van der Waals surface area (Å²) in [6.45, 7) is 4.81. The van der Waals surface area contributed by atoms with Gasteiger partial charge in [0.15, 0.2) is 41.0 Å². The molecule has 1 aliphatic heterocycles. The predicted octanol–water partition coefficient (Wildman–Crippen LogP) is 2.96. The molecule has 0 bridgehead atoms. The zero-order chi connectivity index (χ0) is 34.2. The van der Waals surface area contributed by atoms with Crippen molar-refractivity contribution in [3.8, 4) is 23.0 Å². The van der Waals surface area contributed by atoms with Crippen LogP contribution >= 0.6 is 22.9 Å². The van der Waals surface area contributed by atoms with Crippen LogP contribution in [-0.4, -0.2) is 70.2 Å². The Hall–Kier alpha value is -4.82. The molecule has 3 aromatic rings. The number of ether oxygens (including phenoxy) is 7. The van der Waals surface area contributed by atoms with Crippen molar-refractivity contribution in [3.63, 3.8) is 0 Å². The molecule has 0 N–H and O–H groups in total. The lowest BCUT2D eigenvalue weighted by Crippen LogP contribution is -2.40. The lowest BCUT2D eigenvalue weighted by Gasteiger charge is -2.25. The molecule has 0 amide bonds. The second kappa shape index (κ2) is 15.6. The number of nitrogens with zero attached hydrogens (tertiary/aromatic N) is 2. The van der Waals surface area contributed by atoms with E-state index in [1.54, 1.807) is 57.2 Å². The number of aromatic nitrogens is 1. The van der Waals surface area contributed by atoms with Crippen LogP contribution in [0.3, 0.4) is 0 Å². The number of hydrogen-bond donors (Lipinski definition) is 0. The number of allylic oxidation sites excluding steroid dienone is 1. The van der Waals surface area contributed by atoms with Crippen LogP contribution < -0.4 is 33.8 Å². The number of benzene rings is 2. The van der Waals surface area contributed by atoms with E-state index in [1.807, 2.05) is 0 Å². The first-order valence-electron chi connectivity index (χ1n) is 14.3. The molecular weight excluding hydrogens is 656 g/mol. The molecule has 4 rings (SSSR count). The first kappa shape index (κ1) is 35.0. The Morgan fingerprint density at radius 1 is 0.936 bits per heavy atom. The Morgan fingerprint density at radius 2 is 1.64 bits per heavy atom. The summed E-state index contributed by atoms with van der Waals surface area (Å²) in [6.07, 6.45) is 1.61. The molecule has 13 nitrogen and oxygen atoms in total. The highest BCUT2D eigenvalue weighted by molar-refractivity contribution is 7.07. The van der Waals surface area contributed by atoms with Gasteiger partial charge in [-0.05, 0) is 62.2 Å². The van der Waals surface area contributed by atoms with Gasteiger partial charge in [0.05, 0.1) is 61.4 Å². The normalized spacial score (nSPS) is 14.1. The number of esters is 3. The highest BCUT2D eigenvalue weighted by Crippen LogP contribution is 2.38. The van der Waals surface area contributed by atoms with Crippen LogP contribution in [0.15, 0.2) is 51.4 Å². The van der Waals surface area contributed by atoms with Gasteiger partial charge in [0.2, 0.25) is 0 Å². The highest BCUT2D eigenvalue weighted by atomic mass is 35.5. The summed E-state index contributed by atoms with van der Waals surface area (Å²) in [5, 5.41) is 0.142. The Labute approximate surface area is 278 Å². The van der Waals surface area contributed by atoms with Crippen LogP contribution in [0.1, 0.15) is 37.9 Å². The van der Waals surface area contributed by atoms with Crippen LogP contribution in [-0.2, 0) is 28.6 Å². The smallest absolute Gasteiger partial charge is 0.343 e. The average Bonchev–Trinajstić information content (AvgIpc) is 3.35. The fourth-order valence-corrected chi connectivity index (χ4v) is 6.01. The van der Waals surface area contributed by atoms with Gasteiger partial charge in [0, 0.05) is 0 Å². The van der Waals surface area contributed by atoms with E-state index in [4.69, 9.17) is 35.3 Å². The van der Waals surface area contributed by atoms with Crippen molar-refractivity contribution in [2.75, 3.05) is 47.8 Å². The van der Waals surface area contributed by atoms with Gasteiger partial charge in [-0.1, -0.05) is 29.0 Å². The van der Waals surface area contributed by atoms with Crippen LogP contribution in [0.4, 0.5) is 0 Å². The minimum absolute atomic E-state index is 0.110. The second-order valence-corrected chi connectivity index (χ2v) is 11.1. The Bertz CT molecular complexity index is 1900. The third-order valence-corrected chi connectivity index (χ3v) is 8.05. The van der Waals surface area contributed by atoms with Gasteiger partial charge >= 0.3 is 17.9 Å². The zero-order valence-corrected chi connectivity index (χ0v) is 28.1. The van der Waals surface area contributed by atoms with Crippen molar-refractivity contribution in [2.24, 2.45) is 4.99 Å². The van der Waals surface area contributed by atoms with E-state index in [0.717, 1.165) is 11.3 Å². The predicted molar refractivity (Wildman–Crippen MR) is 171 cm³/mol. The molecule has 0 radical (unpaired) electrons. The van der Waals surface area contributed by atoms with Crippen molar-refractivity contribution < 1.29 is 47.5 Å². The number of carbonyl (C=O) groups excluding carboxylic acids is 3. The molecule has 2 aromatic carbocycles. The number of rotatable bonds is 13. The molecule has 0 fully saturated rings. The van der Waals surface area contributed by atoms with Gasteiger partial charge in [-0.3, -0.25) is 9.36 Å².